The molecule has 0 saturated carbocycles. The second-order valence-corrected chi connectivity index (χ2v) is 5.99. The zero-order valence-electron chi connectivity index (χ0n) is 13.2. The summed E-state index contributed by atoms with van der Waals surface area (Å²) >= 11 is 5.71. The maximum Gasteiger partial charge on any atom is 0.258 e. The molecule has 2 N–H and O–H groups in total. The van der Waals surface area contributed by atoms with E-state index in [4.69, 9.17) is 16.3 Å². The first-order chi connectivity index (χ1) is 10.3. The van der Waals surface area contributed by atoms with E-state index < -0.39 is 5.41 Å². The van der Waals surface area contributed by atoms with E-state index in [1.165, 1.54) is 0 Å². The van der Waals surface area contributed by atoms with Gasteiger partial charge in [-0.25, -0.2) is 0 Å². The molecule has 0 bridgehead atoms. The summed E-state index contributed by atoms with van der Waals surface area (Å²) in [5.41, 5.74) is 0.521. The number of nitrogens with one attached hydrogen (secondary N) is 2. The maximum atomic E-state index is 11.7. The number of carbonyl (C=O) groups is 2. The zero-order chi connectivity index (χ0) is 16.6. The largest absolute Gasteiger partial charge is 0.484 e. The lowest BCUT2D eigenvalue weighted by molar-refractivity contribution is -0.128. The fourth-order valence-electron chi connectivity index (χ4n) is 1.51. The van der Waals surface area contributed by atoms with Crippen molar-refractivity contribution < 1.29 is 14.3 Å². The van der Waals surface area contributed by atoms with Crippen LogP contribution in [0.4, 0.5) is 0 Å². The molecule has 0 saturated heterocycles. The molecule has 0 aromatic heterocycles. The zero-order valence-corrected chi connectivity index (χ0v) is 14.0. The number of benzene rings is 1. The summed E-state index contributed by atoms with van der Waals surface area (Å²) in [6.45, 7) is 6.17. The van der Waals surface area contributed by atoms with Crippen LogP contribution < -0.4 is 15.4 Å². The van der Waals surface area contributed by atoms with Gasteiger partial charge in [-0.3, -0.25) is 9.59 Å². The van der Waals surface area contributed by atoms with Crippen LogP contribution in [0.1, 0.15) is 19.4 Å². The average molecular weight is 327 g/mol. The van der Waals surface area contributed by atoms with Gasteiger partial charge in [-0.05, 0) is 32.9 Å². The Labute approximate surface area is 136 Å². The van der Waals surface area contributed by atoms with Crippen molar-refractivity contribution in [3.05, 3.63) is 29.8 Å². The summed E-state index contributed by atoms with van der Waals surface area (Å²) in [4.78, 5) is 23.4. The van der Waals surface area contributed by atoms with Crippen molar-refractivity contribution in [2.45, 2.75) is 20.8 Å². The molecular weight excluding hydrogens is 304 g/mol. The highest BCUT2D eigenvalue weighted by Gasteiger charge is 2.25. The predicted molar refractivity (Wildman–Crippen MR) is 87.2 cm³/mol. The quantitative estimate of drug-likeness (QED) is 0.566. The number of alkyl halides is 1. The van der Waals surface area contributed by atoms with Gasteiger partial charge in [0.1, 0.15) is 5.75 Å². The van der Waals surface area contributed by atoms with Gasteiger partial charge >= 0.3 is 0 Å². The number of aryl methyl sites for hydroxylation is 1. The van der Waals surface area contributed by atoms with Crippen LogP contribution in [0, 0.1) is 12.3 Å². The molecule has 0 unspecified atom stereocenters. The van der Waals surface area contributed by atoms with Crippen LogP contribution in [0.15, 0.2) is 24.3 Å². The fourth-order valence-corrected chi connectivity index (χ4v) is 1.63. The lowest BCUT2D eigenvalue weighted by Crippen LogP contribution is -2.42. The Morgan fingerprint density at radius 2 is 1.73 bits per heavy atom. The van der Waals surface area contributed by atoms with Crippen LogP contribution in [0.5, 0.6) is 5.75 Å². The Kier molecular flexibility index (Phi) is 7.18. The van der Waals surface area contributed by atoms with Gasteiger partial charge in [-0.1, -0.05) is 17.7 Å². The Morgan fingerprint density at radius 3 is 2.32 bits per heavy atom. The van der Waals surface area contributed by atoms with Gasteiger partial charge < -0.3 is 15.4 Å². The van der Waals surface area contributed by atoms with E-state index >= 15 is 0 Å². The number of carbonyl (C=O) groups excluding carboxylic acids is 2. The molecule has 22 heavy (non-hydrogen) atoms. The number of hydrogen-bond donors (Lipinski definition) is 2. The third kappa shape index (κ3) is 6.35. The average Bonchev–Trinajstić information content (AvgIpc) is 2.50. The monoisotopic (exact) mass is 326 g/mol. The van der Waals surface area contributed by atoms with Crippen molar-refractivity contribution in [1.29, 1.82) is 0 Å². The van der Waals surface area contributed by atoms with Crippen LogP contribution in [0.2, 0.25) is 0 Å². The molecule has 0 atom stereocenters. The maximum absolute atomic E-state index is 11.7. The highest BCUT2D eigenvalue weighted by atomic mass is 35.5. The summed E-state index contributed by atoms with van der Waals surface area (Å²) in [5, 5.41) is 5.41. The Bertz CT molecular complexity index is 501. The smallest absolute Gasteiger partial charge is 0.258 e. The summed E-state index contributed by atoms with van der Waals surface area (Å²) in [6.07, 6.45) is 0. The van der Waals surface area contributed by atoms with E-state index in [9.17, 15) is 9.59 Å². The number of amides is 2. The van der Waals surface area contributed by atoms with E-state index in [1.807, 2.05) is 31.2 Å². The van der Waals surface area contributed by atoms with Crippen molar-refractivity contribution in [1.82, 2.24) is 10.6 Å². The van der Waals surface area contributed by atoms with Gasteiger partial charge in [0.05, 0.1) is 5.41 Å². The number of ether oxygens (including phenoxy) is 1. The molecule has 5 nitrogen and oxygen atoms in total. The van der Waals surface area contributed by atoms with Crippen LogP contribution in [-0.2, 0) is 9.59 Å². The van der Waals surface area contributed by atoms with Gasteiger partial charge in [-0.15, -0.1) is 11.6 Å². The van der Waals surface area contributed by atoms with Crippen molar-refractivity contribution in [2.75, 3.05) is 25.6 Å². The molecule has 122 valence electrons. The Morgan fingerprint density at radius 1 is 1.14 bits per heavy atom. The molecule has 0 aliphatic carbocycles. The Hall–Kier alpha value is -1.75. The van der Waals surface area contributed by atoms with Gasteiger partial charge in [0.15, 0.2) is 6.61 Å². The van der Waals surface area contributed by atoms with Gasteiger partial charge in [-0.2, -0.15) is 0 Å². The third-order valence-corrected chi connectivity index (χ3v) is 3.74. The number of halogens is 1. The molecule has 0 heterocycles. The molecule has 0 aliphatic rings. The van der Waals surface area contributed by atoms with Crippen LogP contribution in [0.25, 0.3) is 0 Å². The van der Waals surface area contributed by atoms with Gasteiger partial charge in [0, 0.05) is 19.0 Å². The molecule has 2 amide bonds. The number of rotatable bonds is 8. The SMILES string of the molecule is Cc1ccc(OCC(=O)NCCNC(=O)C(C)(C)CCl)cc1. The standard InChI is InChI=1S/C16H23ClN2O3/c1-12-4-6-13(7-5-12)22-10-14(20)18-8-9-19-15(21)16(2,3)11-17/h4-7H,8-11H2,1-3H3,(H,18,20)(H,19,21). The first kappa shape index (κ1) is 18.3. The molecule has 0 spiro atoms. The topological polar surface area (TPSA) is 67.4 Å². The fraction of sp³-hybridized carbons (Fsp3) is 0.500. The van der Waals surface area contributed by atoms with E-state index in [0.717, 1.165) is 5.56 Å². The van der Waals surface area contributed by atoms with Crippen molar-refractivity contribution in [3.63, 3.8) is 0 Å². The van der Waals surface area contributed by atoms with E-state index in [1.54, 1.807) is 13.8 Å². The highest BCUT2D eigenvalue weighted by Crippen LogP contribution is 2.16. The lowest BCUT2D eigenvalue weighted by atomic mass is 9.95. The minimum absolute atomic E-state index is 0.0514. The van der Waals surface area contributed by atoms with Crippen molar-refractivity contribution >= 4 is 23.4 Å². The molecule has 1 aromatic carbocycles. The van der Waals surface area contributed by atoms with Crippen LogP contribution in [-0.4, -0.2) is 37.4 Å². The Balaban J connectivity index is 2.18. The van der Waals surface area contributed by atoms with Crippen molar-refractivity contribution in [3.8, 4) is 5.75 Å². The molecule has 1 aromatic rings. The van der Waals surface area contributed by atoms with Crippen LogP contribution >= 0.6 is 11.6 Å². The normalized spacial score (nSPS) is 10.9. The molecule has 0 aliphatic heterocycles. The minimum atomic E-state index is -0.611. The number of hydrogen-bond acceptors (Lipinski definition) is 3. The second kappa shape index (κ2) is 8.63. The molecule has 1 rings (SSSR count). The van der Waals surface area contributed by atoms with Gasteiger partial charge in [0.2, 0.25) is 5.91 Å². The van der Waals surface area contributed by atoms with Crippen molar-refractivity contribution in [2.24, 2.45) is 5.41 Å². The van der Waals surface area contributed by atoms with E-state index in [-0.39, 0.29) is 24.3 Å². The predicted octanol–water partition coefficient (Wildman–Crippen LogP) is 1.87. The minimum Gasteiger partial charge on any atom is -0.484 e. The summed E-state index contributed by atoms with van der Waals surface area (Å²) in [7, 11) is 0. The second-order valence-electron chi connectivity index (χ2n) is 5.73. The highest BCUT2D eigenvalue weighted by molar-refractivity contribution is 6.19. The summed E-state index contributed by atoms with van der Waals surface area (Å²) in [5.74, 6) is 0.535. The van der Waals surface area contributed by atoms with Crippen LogP contribution in [0.3, 0.4) is 0 Å². The lowest BCUT2D eigenvalue weighted by Gasteiger charge is -2.20. The summed E-state index contributed by atoms with van der Waals surface area (Å²) in [6, 6.07) is 7.47. The third-order valence-electron chi connectivity index (χ3n) is 3.07. The molecule has 0 fully saturated rings. The van der Waals surface area contributed by atoms with E-state index in [0.29, 0.717) is 18.8 Å². The summed E-state index contributed by atoms with van der Waals surface area (Å²) < 4.78 is 5.36. The van der Waals surface area contributed by atoms with Gasteiger partial charge in [0.25, 0.3) is 5.91 Å². The first-order valence-electron chi connectivity index (χ1n) is 7.15. The first-order valence-corrected chi connectivity index (χ1v) is 7.69. The molecule has 0 radical (unpaired) electrons. The van der Waals surface area contributed by atoms with E-state index in [2.05, 4.69) is 10.6 Å². The molecular formula is C16H23ClN2O3. The molecule has 6 heteroatoms.